The van der Waals surface area contributed by atoms with Crippen molar-refractivity contribution in [3.8, 4) is 0 Å². The van der Waals surface area contributed by atoms with E-state index in [0.717, 1.165) is 165 Å². The van der Waals surface area contributed by atoms with E-state index in [-0.39, 0.29) is 35.8 Å². The lowest BCUT2D eigenvalue weighted by atomic mass is 9.84. The maximum atomic E-state index is 13.0. The molecule has 15 heteroatoms. The molecule has 0 radical (unpaired) electrons. The zero-order chi connectivity index (χ0) is 60.7. The zero-order valence-electron chi connectivity index (χ0n) is 50.0. The molecule has 450 valence electrons. The van der Waals surface area contributed by atoms with Crippen LogP contribution in [0.25, 0.3) is 34.9 Å². The van der Waals surface area contributed by atoms with Gasteiger partial charge in [-0.05, 0) is 216 Å². The molecule has 3 aromatic heterocycles. The molecule has 1 saturated carbocycles. The molecule has 0 aliphatic heterocycles. The van der Waals surface area contributed by atoms with Crippen LogP contribution >= 0.6 is 34.8 Å². The number of hydrogen-bond acceptors (Lipinski definition) is 6. The number of rotatable bonds is 12. The number of H-pyrrole nitrogens is 3. The number of hydrogen-bond donors (Lipinski definition) is 6. The molecule has 12 rings (SSSR count). The molecule has 3 heterocycles. The third kappa shape index (κ3) is 16.5. The number of carbonyl (C=O) groups excluding carboxylic acids is 3. The fraction of sp³-hybridized carbons (Fsp3) is 0.333. The molecule has 87 heavy (non-hydrogen) atoms. The highest BCUT2D eigenvalue weighted by molar-refractivity contribution is 6.31. The number of fused-ring (bicyclic) bond motifs is 3. The Labute approximate surface area is 526 Å². The summed E-state index contributed by atoms with van der Waals surface area (Å²) >= 11 is 18.0. The summed E-state index contributed by atoms with van der Waals surface area (Å²) in [7, 11) is 0. The van der Waals surface area contributed by atoms with Gasteiger partial charge in [0.15, 0.2) is 0 Å². The van der Waals surface area contributed by atoms with Gasteiger partial charge in [0.05, 0.1) is 29.2 Å². The molecular formula is C72H78Cl3N9O3. The fourth-order valence-corrected chi connectivity index (χ4v) is 12.7. The molecular weight excluding hydrogens is 1150 g/mol. The van der Waals surface area contributed by atoms with E-state index in [2.05, 4.69) is 71.7 Å². The molecule has 4 aliphatic carbocycles. The number of amides is 3. The average molecular weight is 1220 g/mol. The number of allylic oxidation sites excluding steroid dienone is 3. The first kappa shape index (κ1) is 62.3. The molecule has 6 N–H and O–H groups in total. The van der Waals surface area contributed by atoms with Gasteiger partial charge in [-0.25, -0.2) is 0 Å². The van der Waals surface area contributed by atoms with E-state index in [1.165, 1.54) is 37.7 Å². The summed E-state index contributed by atoms with van der Waals surface area (Å²) in [5.74, 6) is 0.366. The number of nitrogens with one attached hydrogen (secondary N) is 6. The molecule has 5 aromatic carbocycles. The van der Waals surface area contributed by atoms with Gasteiger partial charge >= 0.3 is 0 Å². The Balaban J connectivity index is 0.000000144. The third-order valence-corrected chi connectivity index (χ3v) is 18.0. The molecule has 0 spiro atoms. The van der Waals surface area contributed by atoms with Crippen LogP contribution in [0.5, 0.6) is 0 Å². The standard InChI is InChI=1S/C24H30ClN3O.2C24H24ClN3O/c3*1-16(18-7-3-2-4-8-18)26-24(29)23-21-10-6-5-9-19(22(21)27-28-23)15-17-11-13-20(25)14-12-17/h11-16,18H,2-10H2,1H3,(H,26,29)(H,27,28);2*2-4,7-8,11-16H,5-6,9-10H2,1H3,(H,26,29)(H,27,28)/b3*19-15+/t3*16-/m110/s1. The van der Waals surface area contributed by atoms with E-state index in [1.54, 1.807) is 0 Å². The fourth-order valence-electron chi connectivity index (χ4n) is 12.3. The monoisotopic (exact) mass is 1220 g/mol. The Bertz CT molecular complexity index is 3520. The topological polar surface area (TPSA) is 173 Å². The van der Waals surface area contributed by atoms with Crippen LogP contribution in [0.4, 0.5) is 0 Å². The van der Waals surface area contributed by atoms with Crippen LogP contribution in [-0.4, -0.2) is 54.4 Å². The molecule has 8 aromatic rings. The normalized spacial score (nSPS) is 17.5. The quantitative estimate of drug-likeness (QED) is 0.0664. The van der Waals surface area contributed by atoms with Crippen molar-refractivity contribution in [1.82, 2.24) is 46.5 Å². The first-order chi connectivity index (χ1) is 42.3. The molecule has 1 fully saturated rings. The highest BCUT2D eigenvalue weighted by Gasteiger charge is 2.29. The van der Waals surface area contributed by atoms with Gasteiger partial charge in [-0.15, -0.1) is 0 Å². The Hall–Kier alpha value is -7.77. The molecule has 0 bridgehead atoms. The Kier molecular flexibility index (Phi) is 21.6. The summed E-state index contributed by atoms with van der Waals surface area (Å²) in [5, 5.41) is 34.3. The number of halogens is 3. The molecule has 4 aliphatic rings. The molecule has 3 amide bonds. The van der Waals surface area contributed by atoms with Crippen molar-refractivity contribution in [3.63, 3.8) is 0 Å². The molecule has 3 atom stereocenters. The zero-order valence-corrected chi connectivity index (χ0v) is 52.2. The van der Waals surface area contributed by atoms with Gasteiger partial charge < -0.3 is 16.0 Å². The van der Waals surface area contributed by atoms with E-state index < -0.39 is 0 Å². The largest absolute Gasteiger partial charge is 0.348 e. The van der Waals surface area contributed by atoms with Crippen LogP contribution in [0.3, 0.4) is 0 Å². The summed E-state index contributed by atoms with van der Waals surface area (Å²) in [5.41, 5.74) is 16.6. The van der Waals surface area contributed by atoms with E-state index in [1.807, 2.05) is 147 Å². The first-order valence-electron chi connectivity index (χ1n) is 31.0. The number of benzene rings is 5. The van der Waals surface area contributed by atoms with Crippen molar-refractivity contribution in [2.24, 2.45) is 5.92 Å². The predicted molar refractivity (Wildman–Crippen MR) is 355 cm³/mol. The van der Waals surface area contributed by atoms with Crippen molar-refractivity contribution in [2.45, 2.75) is 148 Å². The van der Waals surface area contributed by atoms with Crippen molar-refractivity contribution < 1.29 is 14.4 Å². The minimum Gasteiger partial charge on any atom is -0.348 e. The van der Waals surface area contributed by atoms with Crippen molar-refractivity contribution in [1.29, 1.82) is 0 Å². The Morgan fingerprint density at radius 1 is 0.414 bits per heavy atom. The van der Waals surface area contributed by atoms with E-state index in [4.69, 9.17) is 34.8 Å². The van der Waals surface area contributed by atoms with Gasteiger partial charge in [0.25, 0.3) is 17.7 Å². The van der Waals surface area contributed by atoms with Crippen molar-refractivity contribution >= 4 is 87.5 Å². The number of aromatic nitrogens is 6. The van der Waals surface area contributed by atoms with Gasteiger partial charge in [0, 0.05) is 37.8 Å². The van der Waals surface area contributed by atoms with E-state index >= 15 is 0 Å². The summed E-state index contributed by atoms with van der Waals surface area (Å²) in [6, 6.07) is 43.4. The SMILES string of the molecule is C[C@@H](NC(=O)c1[nH]nc2c1CCCC/C2=C\c1ccc(Cl)cc1)C1CCCCC1.C[C@@H](NC(=O)c1[nH]nc2c1CCCC/C2=C\c1ccc(Cl)cc1)c1ccccc1.C[C@H](NC(=O)c1[nH]nc2c1CCCC/C2=C\c1ccc(Cl)cc1)c1ccccc1. The van der Waals surface area contributed by atoms with E-state index in [9.17, 15) is 14.4 Å². The van der Waals surface area contributed by atoms with Crippen LogP contribution in [0, 0.1) is 5.92 Å². The highest BCUT2D eigenvalue weighted by Crippen LogP contribution is 2.36. The maximum absolute atomic E-state index is 13.0. The summed E-state index contributed by atoms with van der Waals surface area (Å²) in [6.07, 6.45) is 24.7. The minimum atomic E-state index is -0.108. The lowest BCUT2D eigenvalue weighted by Crippen LogP contribution is -2.39. The van der Waals surface area contributed by atoms with Crippen LogP contribution < -0.4 is 16.0 Å². The lowest BCUT2D eigenvalue weighted by molar-refractivity contribution is 0.0909. The highest BCUT2D eigenvalue weighted by atomic mass is 35.5. The van der Waals surface area contributed by atoms with E-state index in [0.29, 0.717) is 23.0 Å². The average Bonchev–Trinajstić information content (AvgIpc) is 3.20. The van der Waals surface area contributed by atoms with Crippen LogP contribution in [0.15, 0.2) is 133 Å². The smallest absolute Gasteiger partial charge is 0.270 e. The summed E-state index contributed by atoms with van der Waals surface area (Å²) in [6.45, 7) is 6.14. The molecule has 12 nitrogen and oxygen atoms in total. The minimum absolute atomic E-state index is 0.00966. The second-order valence-electron chi connectivity index (χ2n) is 23.4. The van der Waals surface area contributed by atoms with Crippen LogP contribution in [-0.2, 0) is 19.3 Å². The van der Waals surface area contributed by atoms with Crippen molar-refractivity contribution in [2.75, 3.05) is 0 Å². The van der Waals surface area contributed by atoms with Gasteiger partial charge in [-0.3, -0.25) is 29.7 Å². The number of nitrogens with zero attached hydrogens (tertiary/aromatic N) is 3. The Morgan fingerprint density at radius 3 is 1.06 bits per heavy atom. The van der Waals surface area contributed by atoms with Gasteiger partial charge in [0.2, 0.25) is 0 Å². The summed E-state index contributed by atoms with van der Waals surface area (Å²) < 4.78 is 0. The van der Waals surface area contributed by atoms with Crippen LogP contribution in [0.2, 0.25) is 15.1 Å². The van der Waals surface area contributed by atoms with Crippen LogP contribution in [0.1, 0.15) is 216 Å². The predicted octanol–water partition coefficient (Wildman–Crippen LogP) is 17.7. The number of aromatic amines is 3. The molecule has 0 saturated heterocycles. The second-order valence-corrected chi connectivity index (χ2v) is 24.7. The lowest BCUT2D eigenvalue weighted by Gasteiger charge is -2.28. The second kappa shape index (κ2) is 30.2. The third-order valence-electron chi connectivity index (χ3n) is 17.2. The van der Waals surface area contributed by atoms with Gasteiger partial charge in [-0.2, -0.15) is 15.3 Å². The van der Waals surface area contributed by atoms with Gasteiger partial charge in [-0.1, -0.05) is 151 Å². The summed E-state index contributed by atoms with van der Waals surface area (Å²) in [4.78, 5) is 38.9. The molecule has 0 unspecified atom stereocenters. The number of carbonyl (C=O) groups is 3. The van der Waals surface area contributed by atoms with Gasteiger partial charge in [0.1, 0.15) is 17.1 Å². The first-order valence-corrected chi connectivity index (χ1v) is 32.1. The Morgan fingerprint density at radius 2 is 0.724 bits per heavy atom. The maximum Gasteiger partial charge on any atom is 0.270 e. The van der Waals surface area contributed by atoms with Crippen molar-refractivity contribution in [3.05, 3.63) is 227 Å².